The molecule has 0 N–H and O–H groups in total. The fourth-order valence-electron chi connectivity index (χ4n) is 0. The average molecular weight is 348 g/mol. The van der Waals surface area contributed by atoms with Crippen LogP contribution in [0.4, 0.5) is 0 Å². The van der Waals surface area contributed by atoms with Crippen LogP contribution in [0, 0.1) is 0 Å². The monoisotopic (exact) mass is 347 g/mol. The number of rotatable bonds is 0. The van der Waals surface area contributed by atoms with Crippen LogP contribution in [0.3, 0.4) is 0 Å². The predicted octanol–water partition coefficient (Wildman–Crippen LogP) is -3.09. The molecule has 49 valence electrons. The zero-order chi connectivity index (χ0) is 4.50. The molecule has 0 saturated heterocycles. The predicted molar refractivity (Wildman–Crippen MR) is 20.0 cm³/mol. The Balaban J connectivity index is -0.0000000267. The first-order valence-electron chi connectivity index (χ1n) is 0.730. The molecule has 1 radical (unpaired) electrons. The van der Waals surface area contributed by atoms with Crippen molar-refractivity contribution in [3.63, 3.8) is 0 Å². The molecule has 0 aliphatic heterocycles. The standard InChI is InChI=1S/Cu.In.Ni.H3O3PS/c;;;1-4(2,3)5/h;;;(H3,1,2,3,5)/q+2;+3;+2;/p-3. The summed E-state index contributed by atoms with van der Waals surface area (Å²) in [6.45, 7) is -4.56. The maximum absolute atomic E-state index is 8.92. The van der Waals surface area contributed by atoms with Crippen molar-refractivity contribution in [2.45, 2.75) is 0 Å². The molecule has 0 aromatic carbocycles. The molecule has 8 heavy (non-hydrogen) atoms. The molecule has 0 spiro atoms. The van der Waals surface area contributed by atoms with Gasteiger partial charge in [-0.25, -0.2) is 0 Å². The van der Waals surface area contributed by atoms with E-state index in [4.69, 9.17) is 14.7 Å². The van der Waals surface area contributed by atoms with Gasteiger partial charge in [-0.3, -0.25) is 0 Å². The summed E-state index contributed by atoms with van der Waals surface area (Å²) in [5.41, 5.74) is 0. The minimum atomic E-state index is -4.56. The van der Waals surface area contributed by atoms with Gasteiger partial charge in [0, 0.05) is 0 Å². The third-order valence-electron chi connectivity index (χ3n) is 0. The topological polar surface area (TPSA) is 69.2 Å². The number of hydrogen-bond donors (Lipinski definition) is 0. The molecule has 0 unspecified atom stereocenters. The van der Waals surface area contributed by atoms with E-state index >= 15 is 0 Å². The largest absolute Gasteiger partial charge is 3.00 e. The van der Waals surface area contributed by atoms with Crippen LogP contribution in [0.25, 0.3) is 0 Å². The zero-order valence-corrected chi connectivity index (χ0v) is 10.2. The van der Waals surface area contributed by atoms with Crippen LogP contribution in [-0.4, -0.2) is 25.8 Å². The second-order valence-corrected chi connectivity index (χ2v) is 2.68. The maximum Gasteiger partial charge on any atom is 3.00 e. The van der Waals surface area contributed by atoms with E-state index in [2.05, 4.69) is 11.8 Å². The Morgan fingerprint density at radius 3 is 1.12 bits per heavy atom. The van der Waals surface area contributed by atoms with Crippen molar-refractivity contribution in [2.75, 3.05) is 0 Å². The molecule has 0 aromatic heterocycles. The van der Waals surface area contributed by atoms with Gasteiger partial charge in [0.2, 0.25) is 0 Å². The van der Waals surface area contributed by atoms with Gasteiger partial charge in [0.15, 0.2) is 0 Å². The van der Waals surface area contributed by atoms with Crippen molar-refractivity contribution in [3.05, 3.63) is 0 Å². The van der Waals surface area contributed by atoms with Crippen molar-refractivity contribution in [2.24, 2.45) is 0 Å². The van der Waals surface area contributed by atoms with Crippen molar-refractivity contribution in [1.82, 2.24) is 0 Å². The van der Waals surface area contributed by atoms with Crippen LogP contribution in [0.1, 0.15) is 0 Å². The second-order valence-electron chi connectivity index (χ2n) is 0.447. The van der Waals surface area contributed by atoms with E-state index in [1.165, 1.54) is 0 Å². The molecule has 8 heteroatoms. The summed E-state index contributed by atoms with van der Waals surface area (Å²) in [4.78, 5) is 26.8. The van der Waals surface area contributed by atoms with Gasteiger partial charge in [-0.1, -0.05) is 0 Å². The van der Waals surface area contributed by atoms with Gasteiger partial charge in [-0.05, 0) is 0 Å². The molecule has 3 nitrogen and oxygen atoms in total. The summed E-state index contributed by atoms with van der Waals surface area (Å²) in [5, 5.41) is 0. The molecular formula is CuInNiO3PS+4. The van der Waals surface area contributed by atoms with Crippen molar-refractivity contribution in [3.8, 4) is 0 Å². The molecule has 0 bridgehead atoms. The maximum atomic E-state index is 8.92. The smallest absolute Gasteiger partial charge is 0.844 e. The van der Waals surface area contributed by atoms with Crippen LogP contribution in [-0.2, 0) is 45.4 Å². The van der Waals surface area contributed by atoms with E-state index in [0.717, 1.165) is 0 Å². The van der Waals surface area contributed by atoms with Crippen LogP contribution < -0.4 is 14.7 Å². The van der Waals surface area contributed by atoms with E-state index in [9.17, 15) is 0 Å². The Bertz CT molecular complexity index is 65.4. The summed E-state index contributed by atoms with van der Waals surface area (Å²) in [6, 6.07) is 0. The first-order chi connectivity index (χ1) is 2.00. The Hall–Kier alpha value is 2.41. The van der Waals surface area contributed by atoms with Gasteiger partial charge < -0.3 is 21.4 Å². The third-order valence-corrected chi connectivity index (χ3v) is 0. The first kappa shape index (κ1) is 22.4. The number of hydrogen-bond acceptors (Lipinski definition) is 4. The van der Waals surface area contributed by atoms with E-state index in [-0.39, 0.29) is 59.4 Å². The van der Waals surface area contributed by atoms with E-state index < -0.39 is 6.72 Å². The van der Waals surface area contributed by atoms with E-state index in [1.807, 2.05) is 0 Å². The second kappa shape index (κ2) is 9.41. The minimum absolute atomic E-state index is 0. The fourth-order valence-corrected chi connectivity index (χ4v) is 0. The Labute approximate surface area is 91.7 Å². The molecule has 0 aliphatic rings. The SMILES string of the molecule is [Cu+2].[In+3].[Ni+2].[O-]P([O-])([O-])=S. The summed E-state index contributed by atoms with van der Waals surface area (Å²) < 4.78 is 0. The fraction of sp³-hybridized carbons (Fsp3) is 0. The minimum Gasteiger partial charge on any atom is -0.844 e. The van der Waals surface area contributed by atoms with Gasteiger partial charge in [-0.2, -0.15) is 11.8 Å². The van der Waals surface area contributed by atoms with Crippen LogP contribution in [0.2, 0.25) is 0 Å². The van der Waals surface area contributed by atoms with Gasteiger partial charge in [0.05, 0.1) is 0 Å². The Morgan fingerprint density at radius 1 is 1.12 bits per heavy atom. The molecule has 0 heterocycles. The van der Waals surface area contributed by atoms with Gasteiger partial charge >= 0.3 is 59.4 Å². The van der Waals surface area contributed by atoms with E-state index in [1.54, 1.807) is 0 Å². The van der Waals surface area contributed by atoms with Gasteiger partial charge in [0.1, 0.15) is 0 Å². The van der Waals surface area contributed by atoms with E-state index in [0.29, 0.717) is 0 Å². The molecule has 0 fully saturated rings. The van der Waals surface area contributed by atoms with Crippen LogP contribution in [0.15, 0.2) is 0 Å². The Morgan fingerprint density at radius 2 is 1.12 bits per heavy atom. The molecule has 0 aliphatic carbocycles. The summed E-state index contributed by atoms with van der Waals surface area (Å²) in [5.74, 6) is 0. The third kappa shape index (κ3) is 79.4. The van der Waals surface area contributed by atoms with Crippen molar-refractivity contribution < 1.29 is 48.2 Å². The molecular weight excluding hydrogens is 348 g/mol. The normalized spacial score (nSPS) is 7.38. The molecule has 0 aromatic rings. The molecule has 0 atom stereocenters. The molecule has 0 rings (SSSR count). The Kier molecular flexibility index (Phi) is 26.4. The quantitative estimate of drug-likeness (QED) is 0.344. The average Bonchev–Trinajstić information content (AvgIpc) is 0.722. The molecule has 0 saturated carbocycles. The zero-order valence-electron chi connectivity index (χ0n) is 3.28. The molecule has 0 amide bonds. The van der Waals surface area contributed by atoms with Crippen molar-refractivity contribution in [1.29, 1.82) is 0 Å². The van der Waals surface area contributed by atoms with Crippen LogP contribution in [0.5, 0.6) is 0 Å². The van der Waals surface area contributed by atoms with Crippen LogP contribution >= 0.6 is 6.72 Å². The van der Waals surface area contributed by atoms with Gasteiger partial charge in [-0.15, -0.1) is 0 Å². The summed E-state index contributed by atoms with van der Waals surface area (Å²) in [7, 11) is 0. The summed E-state index contributed by atoms with van der Waals surface area (Å²) >= 11 is 3.27. The van der Waals surface area contributed by atoms with Gasteiger partial charge in [0.25, 0.3) is 0 Å². The first-order valence-corrected chi connectivity index (χ1v) is 3.29. The summed E-state index contributed by atoms with van der Waals surface area (Å²) in [6.07, 6.45) is 0. The van der Waals surface area contributed by atoms with Crippen molar-refractivity contribution >= 4 is 44.4 Å².